The molecule has 7 nitrogen and oxygen atoms in total. The molecule has 0 saturated carbocycles. The van der Waals surface area contributed by atoms with Gasteiger partial charge < -0.3 is 14.6 Å². The third-order valence-corrected chi connectivity index (χ3v) is 3.25. The molecular formula is C12H18N4O3. The molecule has 2 heterocycles. The van der Waals surface area contributed by atoms with Crippen molar-refractivity contribution < 1.29 is 14.7 Å². The first-order chi connectivity index (χ1) is 8.87. The Bertz CT molecular complexity index is 495. The fraction of sp³-hybridized carbons (Fsp3) is 0.667. The van der Waals surface area contributed by atoms with Crippen molar-refractivity contribution in [3.05, 3.63) is 12.2 Å². The number of aliphatic carboxylic acids is 1. The van der Waals surface area contributed by atoms with Gasteiger partial charge in [-0.25, -0.2) is 0 Å². The minimum Gasteiger partial charge on any atom is -0.481 e. The van der Waals surface area contributed by atoms with Crippen LogP contribution in [0.2, 0.25) is 0 Å². The molecule has 2 rings (SSSR count). The van der Waals surface area contributed by atoms with Gasteiger partial charge in [0.15, 0.2) is 5.82 Å². The normalized spacial score (nSPS) is 15.2. The maximum Gasteiger partial charge on any atom is 0.303 e. The highest BCUT2D eigenvalue weighted by atomic mass is 16.4. The molecule has 0 unspecified atom stereocenters. The number of carboxylic acids is 1. The number of carbonyl (C=O) groups is 2. The van der Waals surface area contributed by atoms with E-state index in [4.69, 9.17) is 5.11 Å². The SMILES string of the molecule is CC(C)(CC(=O)O)CC(=O)N1CCn2cnnc2C1. The number of amides is 1. The van der Waals surface area contributed by atoms with Crippen LogP contribution in [0.15, 0.2) is 6.33 Å². The fourth-order valence-corrected chi connectivity index (χ4v) is 2.27. The van der Waals surface area contributed by atoms with Crippen LogP contribution in [0, 0.1) is 5.41 Å². The molecule has 1 aliphatic heterocycles. The summed E-state index contributed by atoms with van der Waals surface area (Å²) in [6, 6.07) is 0. The van der Waals surface area contributed by atoms with Gasteiger partial charge in [0.05, 0.1) is 13.0 Å². The first-order valence-electron chi connectivity index (χ1n) is 6.24. The van der Waals surface area contributed by atoms with Gasteiger partial charge in [0.2, 0.25) is 5.91 Å². The second kappa shape index (κ2) is 4.99. The van der Waals surface area contributed by atoms with E-state index in [0.29, 0.717) is 19.6 Å². The summed E-state index contributed by atoms with van der Waals surface area (Å²) in [5, 5.41) is 16.6. The third kappa shape index (κ3) is 3.30. The molecule has 0 aliphatic carbocycles. The van der Waals surface area contributed by atoms with Crippen LogP contribution in [0.1, 0.15) is 32.5 Å². The van der Waals surface area contributed by atoms with E-state index in [9.17, 15) is 9.59 Å². The molecule has 0 bridgehead atoms. The number of aromatic nitrogens is 3. The van der Waals surface area contributed by atoms with Gasteiger partial charge in [-0.2, -0.15) is 0 Å². The van der Waals surface area contributed by atoms with Crippen LogP contribution in [0.5, 0.6) is 0 Å². The highest BCUT2D eigenvalue weighted by molar-refractivity contribution is 5.78. The molecule has 104 valence electrons. The largest absolute Gasteiger partial charge is 0.481 e. The maximum absolute atomic E-state index is 12.2. The average Bonchev–Trinajstić information content (AvgIpc) is 2.72. The lowest BCUT2D eigenvalue weighted by atomic mass is 9.85. The summed E-state index contributed by atoms with van der Waals surface area (Å²) >= 11 is 0. The molecule has 1 N–H and O–H groups in total. The van der Waals surface area contributed by atoms with Crippen LogP contribution in [-0.4, -0.2) is 43.2 Å². The van der Waals surface area contributed by atoms with E-state index in [1.54, 1.807) is 25.1 Å². The zero-order chi connectivity index (χ0) is 14.0. The Morgan fingerprint density at radius 3 is 2.79 bits per heavy atom. The zero-order valence-electron chi connectivity index (χ0n) is 11.2. The second-order valence-electron chi connectivity index (χ2n) is 5.67. The van der Waals surface area contributed by atoms with Crippen LogP contribution in [0.3, 0.4) is 0 Å². The Hall–Kier alpha value is -1.92. The number of hydrogen-bond donors (Lipinski definition) is 1. The van der Waals surface area contributed by atoms with Gasteiger partial charge in [0.25, 0.3) is 0 Å². The predicted octanol–water partition coefficient (Wildman–Crippen LogP) is 0.511. The molecule has 0 saturated heterocycles. The molecule has 0 aromatic carbocycles. The van der Waals surface area contributed by atoms with Crippen molar-refractivity contribution >= 4 is 11.9 Å². The van der Waals surface area contributed by atoms with E-state index < -0.39 is 11.4 Å². The Kier molecular flexibility index (Phi) is 3.55. The molecule has 1 aromatic rings. The van der Waals surface area contributed by atoms with Crippen LogP contribution in [0.25, 0.3) is 0 Å². The zero-order valence-corrected chi connectivity index (χ0v) is 11.2. The molecule has 19 heavy (non-hydrogen) atoms. The van der Waals surface area contributed by atoms with Gasteiger partial charge in [-0.05, 0) is 5.41 Å². The summed E-state index contributed by atoms with van der Waals surface area (Å²) in [5.41, 5.74) is -0.534. The summed E-state index contributed by atoms with van der Waals surface area (Å²) < 4.78 is 1.92. The Labute approximate surface area is 111 Å². The number of carboxylic acid groups (broad SMARTS) is 1. The van der Waals surface area contributed by atoms with Crippen molar-refractivity contribution in [1.29, 1.82) is 0 Å². The molecule has 7 heteroatoms. The lowest BCUT2D eigenvalue weighted by Crippen LogP contribution is -2.40. The van der Waals surface area contributed by atoms with Crippen LogP contribution < -0.4 is 0 Å². The monoisotopic (exact) mass is 266 g/mol. The molecule has 0 radical (unpaired) electrons. The van der Waals surface area contributed by atoms with Crippen molar-refractivity contribution in [2.24, 2.45) is 5.41 Å². The topological polar surface area (TPSA) is 88.3 Å². The Balaban J connectivity index is 1.96. The van der Waals surface area contributed by atoms with Gasteiger partial charge in [-0.15, -0.1) is 10.2 Å². The Morgan fingerprint density at radius 1 is 1.37 bits per heavy atom. The summed E-state index contributed by atoms with van der Waals surface area (Å²) in [6.07, 6.45) is 1.88. The molecular weight excluding hydrogens is 248 g/mol. The van der Waals surface area contributed by atoms with Crippen molar-refractivity contribution in [3.63, 3.8) is 0 Å². The number of nitrogens with zero attached hydrogens (tertiary/aromatic N) is 4. The van der Waals surface area contributed by atoms with E-state index in [-0.39, 0.29) is 18.7 Å². The van der Waals surface area contributed by atoms with E-state index >= 15 is 0 Å². The standard InChI is InChI=1S/C12H18N4O3/c1-12(2,6-11(18)19)5-10(17)15-3-4-16-8-13-14-9(16)7-15/h8H,3-7H2,1-2H3,(H,18,19). The molecule has 1 aromatic heterocycles. The van der Waals surface area contributed by atoms with Crippen molar-refractivity contribution in [1.82, 2.24) is 19.7 Å². The maximum atomic E-state index is 12.2. The third-order valence-electron chi connectivity index (χ3n) is 3.25. The molecule has 1 aliphatic rings. The van der Waals surface area contributed by atoms with Gasteiger partial charge >= 0.3 is 5.97 Å². The van der Waals surface area contributed by atoms with Gasteiger partial charge in [0, 0.05) is 19.5 Å². The summed E-state index contributed by atoms with van der Waals surface area (Å²) in [4.78, 5) is 24.7. The minimum absolute atomic E-state index is 0.0111. The van der Waals surface area contributed by atoms with Crippen LogP contribution in [-0.2, 0) is 22.7 Å². The second-order valence-corrected chi connectivity index (χ2v) is 5.67. The molecule has 0 atom stereocenters. The van der Waals surface area contributed by atoms with E-state index in [2.05, 4.69) is 10.2 Å². The average molecular weight is 266 g/mol. The first kappa shape index (κ1) is 13.5. The van der Waals surface area contributed by atoms with Crippen molar-refractivity contribution in [2.75, 3.05) is 6.54 Å². The number of carbonyl (C=O) groups excluding carboxylic acids is 1. The quantitative estimate of drug-likeness (QED) is 0.857. The molecule has 0 spiro atoms. The van der Waals surface area contributed by atoms with E-state index in [1.165, 1.54) is 0 Å². The first-order valence-corrected chi connectivity index (χ1v) is 6.24. The van der Waals surface area contributed by atoms with Gasteiger partial charge in [0.1, 0.15) is 6.33 Å². The molecule has 1 amide bonds. The predicted molar refractivity (Wildman–Crippen MR) is 66.1 cm³/mol. The Morgan fingerprint density at radius 2 is 2.11 bits per heavy atom. The number of rotatable bonds is 4. The van der Waals surface area contributed by atoms with Crippen molar-refractivity contribution in [2.45, 2.75) is 39.8 Å². The van der Waals surface area contributed by atoms with Crippen LogP contribution in [0.4, 0.5) is 0 Å². The number of hydrogen-bond acceptors (Lipinski definition) is 4. The van der Waals surface area contributed by atoms with Gasteiger partial charge in [-0.3, -0.25) is 9.59 Å². The van der Waals surface area contributed by atoms with Crippen LogP contribution >= 0.6 is 0 Å². The van der Waals surface area contributed by atoms with E-state index in [0.717, 1.165) is 5.82 Å². The summed E-state index contributed by atoms with van der Waals surface area (Å²) in [6.45, 7) is 5.35. The summed E-state index contributed by atoms with van der Waals surface area (Å²) in [7, 11) is 0. The van der Waals surface area contributed by atoms with E-state index in [1.807, 2.05) is 4.57 Å². The highest BCUT2D eigenvalue weighted by Crippen LogP contribution is 2.26. The molecule has 0 fully saturated rings. The lowest BCUT2D eigenvalue weighted by Gasteiger charge is -2.30. The smallest absolute Gasteiger partial charge is 0.303 e. The fourth-order valence-electron chi connectivity index (χ4n) is 2.27. The van der Waals surface area contributed by atoms with Gasteiger partial charge in [-0.1, -0.05) is 13.8 Å². The summed E-state index contributed by atoms with van der Waals surface area (Å²) in [5.74, 6) is -0.132. The number of fused-ring (bicyclic) bond motifs is 1. The lowest BCUT2D eigenvalue weighted by molar-refractivity contribution is -0.141. The van der Waals surface area contributed by atoms with Crippen molar-refractivity contribution in [3.8, 4) is 0 Å². The minimum atomic E-state index is -0.879. The highest BCUT2D eigenvalue weighted by Gasteiger charge is 2.29.